The largest absolute Gasteiger partial charge is 0.497 e. The maximum Gasteiger partial charge on any atom is 0.259 e. The first-order valence-corrected chi connectivity index (χ1v) is 7.83. The van der Waals surface area contributed by atoms with Gasteiger partial charge < -0.3 is 9.72 Å². The van der Waals surface area contributed by atoms with Gasteiger partial charge in [0.05, 0.1) is 18.0 Å². The molecule has 4 aromatic rings. The van der Waals surface area contributed by atoms with Crippen LogP contribution in [0.25, 0.3) is 33.4 Å². The third kappa shape index (κ3) is 2.87. The van der Waals surface area contributed by atoms with Crippen molar-refractivity contribution in [3.63, 3.8) is 0 Å². The quantitative estimate of drug-likeness (QED) is 0.623. The van der Waals surface area contributed by atoms with E-state index >= 15 is 0 Å². The van der Waals surface area contributed by atoms with Crippen molar-refractivity contribution >= 4 is 10.9 Å². The van der Waals surface area contributed by atoms with Gasteiger partial charge >= 0.3 is 0 Å². The van der Waals surface area contributed by atoms with Crippen LogP contribution in [0.5, 0.6) is 5.75 Å². The maximum atomic E-state index is 12.4. The van der Waals surface area contributed by atoms with Crippen molar-refractivity contribution in [2.45, 2.75) is 0 Å². The smallest absolute Gasteiger partial charge is 0.259 e. The van der Waals surface area contributed by atoms with Gasteiger partial charge in [-0.3, -0.25) is 9.78 Å². The van der Waals surface area contributed by atoms with Crippen LogP contribution in [0, 0.1) is 0 Å². The summed E-state index contributed by atoms with van der Waals surface area (Å²) in [5.41, 5.74) is 3.23. The summed E-state index contributed by atoms with van der Waals surface area (Å²) in [4.78, 5) is 23.9. The molecular formula is C20H15N3O2. The van der Waals surface area contributed by atoms with Crippen molar-refractivity contribution in [2.24, 2.45) is 0 Å². The van der Waals surface area contributed by atoms with Gasteiger partial charge in [-0.2, -0.15) is 0 Å². The molecule has 2 aromatic heterocycles. The number of aromatic amines is 1. The second-order valence-electron chi connectivity index (χ2n) is 5.62. The van der Waals surface area contributed by atoms with Gasteiger partial charge in [-0.25, -0.2) is 4.98 Å². The lowest BCUT2D eigenvalue weighted by Gasteiger charge is -2.07. The maximum absolute atomic E-state index is 12.4. The molecule has 0 saturated heterocycles. The van der Waals surface area contributed by atoms with E-state index < -0.39 is 0 Å². The third-order valence-corrected chi connectivity index (χ3v) is 4.04. The van der Waals surface area contributed by atoms with Crippen LogP contribution < -0.4 is 10.3 Å². The number of nitrogens with zero attached hydrogens (tertiary/aromatic N) is 2. The molecule has 0 unspecified atom stereocenters. The molecule has 0 amide bonds. The molecule has 0 fully saturated rings. The molecule has 2 aromatic carbocycles. The van der Waals surface area contributed by atoms with Gasteiger partial charge in [-0.15, -0.1) is 0 Å². The number of fused-ring (bicyclic) bond motifs is 1. The molecule has 5 nitrogen and oxygen atoms in total. The molecule has 0 saturated carbocycles. The average molecular weight is 329 g/mol. The molecule has 1 N–H and O–H groups in total. The van der Waals surface area contributed by atoms with E-state index in [1.807, 2.05) is 48.5 Å². The SMILES string of the molecule is COc1cccc(-c2ccc3c(=O)[nH]c(-c4cccnc4)nc3c2)c1. The van der Waals surface area contributed by atoms with Crippen LogP contribution in [0.1, 0.15) is 0 Å². The number of nitrogens with one attached hydrogen (secondary N) is 1. The Morgan fingerprint density at radius 3 is 2.60 bits per heavy atom. The van der Waals surface area contributed by atoms with Crippen LogP contribution in [0.3, 0.4) is 0 Å². The second kappa shape index (κ2) is 6.20. The number of benzene rings is 2. The number of hydrogen-bond donors (Lipinski definition) is 1. The molecule has 4 rings (SSSR count). The Kier molecular flexibility index (Phi) is 3.74. The molecule has 0 atom stereocenters. The summed E-state index contributed by atoms with van der Waals surface area (Å²) in [5, 5.41) is 0.555. The Morgan fingerprint density at radius 1 is 0.960 bits per heavy atom. The van der Waals surface area contributed by atoms with Crippen LogP contribution >= 0.6 is 0 Å². The van der Waals surface area contributed by atoms with E-state index in [0.29, 0.717) is 16.7 Å². The fourth-order valence-electron chi connectivity index (χ4n) is 2.76. The van der Waals surface area contributed by atoms with Crippen molar-refractivity contribution in [1.82, 2.24) is 15.0 Å². The van der Waals surface area contributed by atoms with Gasteiger partial charge in [0, 0.05) is 18.0 Å². The minimum atomic E-state index is -0.166. The first kappa shape index (κ1) is 15.1. The van der Waals surface area contributed by atoms with E-state index in [1.165, 1.54) is 0 Å². The summed E-state index contributed by atoms with van der Waals surface area (Å²) in [5.74, 6) is 1.29. The van der Waals surface area contributed by atoms with Crippen molar-refractivity contribution in [3.05, 3.63) is 77.3 Å². The highest BCUT2D eigenvalue weighted by Crippen LogP contribution is 2.26. The van der Waals surface area contributed by atoms with E-state index in [4.69, 9.17) is 4.74 Å². The lowest BCUT2D eigenvalue weighted by atomic mass is 10.0. The topological polar surface area (TPSA) is 67.9 Å². The monoisotopic (exact) mass is 329 g/mol. The standard InChI is InChI=1S/C20H15N3O2/c1-25-16-6-2-4-13(10-16)14-7-8-17-18(11-14)22-19(23-20(17)24)15-5-3-9-21-12-15/h2-12H,1H3,(H,22,23,24). The summed E-state index contributed by atoms with van der Waals surface area (Å²) in [7, 11) is 1.64. The number of aromatic nitrogens is 3. The van der Waals surface area contributed by atoms with E-state index in [0.717, 1.165) is 22.4 Å². The molecule has 0 aliphatic rings. The predicted molar refractivity (Wildman–Crippen MR) is 97.6 cm³/mol. The molecule has 0 aliphatic carbocycles. The summed E-state index contributed by atoms with van der Waals surface area (Å²) >= 11 is 0. The minimum absolute atomic E-state index is 0.166. The van der Waals surface area contributed by atoms with Crippen molar-refractivity contribution in [3.8, 4) is 28.3 Å². The Labute approximate surface area is 144 Å². The van der Waals surface area contributed by atoms with Gasteiger partial charge in [0.2, 0.25) is 0 Å². The second-order valence-corrected chi connectivity index (χ2v) is 5.62. The minimum Gasteiger partial charge on any atom is -0.497 e. The van der Waals surface area contributed by atoms with Crippen molar-refractivity contribution in [1.29, 1.82) is 0 Å². The van der Waals surface area contributed by atoms with Gasteiger partial charge in [0.25, 0.3) is 5.56 Å². The Balaban J connectivity index is 1.88. The lowest BCUT2D eigenvalue weighted by Crippen LogP contribution is -2.09. The average Bonchev–Trinajstić information content (AvgIpc) is 2.68. The molecular weight excluding hydrogens is 314 g/mol. The molecule has 0 aliphatic heterocycles. The summed E-state index contributed by atoms with van der Waals surface area (Å²) < 4.78 is 5.28. The van der Waals surface area contributed by atoms with Gasteiger partial charge in [-0.05, 0) is 47.5 Å². The van der Waals surface area contributed by atoms with Crippen LogP contribution in [-0.2, 0) is 0 Å². The lowest BCUT2D eigenvalue weighted by molar-refractivity contribution is 0.415. The van der Waals surface area contributed by atoms with E-state index in [1.54, 1.807) is 25.6 Å². The first-order chi connectivity index (χ1) is 12.2. The molecule has 2 heterocycles. The molecule has 0 spiro atoms. The Bertz CT molecular complexity index is 1100. The highest BCUT2D eigenvalue weighted by Gasteiger charge is 2.08. The zero-order valence-electron chi connectivity index (χ0n) is 13.6. The van der Waals surface area contributed by atoms with Crippen LogP contribution in [0.15, 0.2) is 71.8 Å². The van der Waals surface area contributed by atoms with Gasteiger partial charge in [-0.1, -0.05) is 18.2 Å². The zero-order valence-corrected chi connectivity index (χ0v) is 13.6. The van der Waals surface area contributed by atoms with E-state index in [9.17, 15) is 4.79 Å². The highest BCUT2D eigenvalue weighted by atomic mass is 16.5. The van der Waals surface area contributed by atoms with Crippen molar-refractivity contribution in [2.75, 3.05) is 7.11 Å². The van der Waals surface area contributed by atoms with Crippen LogP contribution in [-0.4, -0.2) is 22.1 Å². The fourth-order valence-corrected chi connectivity index (χ4v) is 2.76. The number of ether oxygens (including phenoxy) is 1. The number of H-pyrrole nitrogens is 1. The Morgan fingerprint density at radius 2 is 1.80 bits per heavy atom. The highest BCUT2D eigenvalue weighted by molar-refractivity contribution is 5.85. The Hall–Kier alpha value is -3.47. The number of methoxy groups -OCH3 is 1. The first-order valence-electron chi connectivity index (χ1n) is 7.83. The van der Waals surface area contributed by atoms with Crippen molar-refractivity contribution < 1.29 is 4.74 Å². The number of rotatable bonds is 3. The van der Waals surface area contributed by atoms with Crippen LogP contribution in [0.2, 0.25) is 0 Å². The zero-order chi connectivity index (χ0) is 17.2. The third-order valence-electron chi connectivity index (χ3n) is 4.04. The molecule has 5 heteroatoms. The number of hydrogen-bond acceptors (Lipinski definition) is 4. The normalized spacial score (nSPS) is 10.8. The van der Waals surface area contributed by atoms with E-state index in [2.05, 4.69) is 15.0 Å². The van der Waals surface area contributed by atoms with Gasteiger partial charge in [0.15, 0.2) is 0 Å². The van der Waals surface area contributed by atoms with Gasteiger partial charge in [0.1, 0.15) is 11.6 Å². The summed E-state index contributed by atoms with van der Waals surface area (Å²) in [6, 6.07) is 17.1. The summed E-state index contributed by atoms with van der Waals surface area (Å²) in [6.45, 7) is 0. The fraction of sp³-hybridized carbons (Fsp3) is 0.0500. The number of pyridine rings is 1. The van der Waals surface area contributed by atoms with Crippen LogP contribution in [0.4, 0.5) is 0 Å². The predicted octanol–water partition coefficient (Wildman–Crippen LogP) is 3.66. The summed E-state index contributed by atoms with van der Waals surface area (Å²) in [6.07, 6.45) is 3.36. The molecule has 0 bridgehead atoms. The molecule has 122 valence electrons. The molecule has 0 radical (unpaired) electrons. The molecule has 25 heavy (non-hydrogen) atoms. The van der Waals surface area contributed by atoms with E-state index in [-0.39, 0.29) is 5.56 Å².